The highest BCUT2D eigenvalue weighted by molar-refractivity contribution is 5.98. The summed E-state index contributed by atoms with van der Waals surface area (Å²) < 4.78 is 13.0. The predicted molar refractivity (Wildman–Crippen MR) is 145 cm³/mol. The van der Waals surface area contributed by atoms with Crippen molar-refractivity contribution in [3.8, 4) is 0 Å². The minimum Gasteiger partial charge on any atom is -0.462 e. The number of ether oxygens (including phenoxy) is 2. The molecule has 1 N–H and O–H groups in total. The molecular weight excluding hydrogens is 498 g/mol. The van der Waals surface area contributed by atoms with Gasteiger partial charge in [0.1, 0.15) is 5.69 Å². The van der Waals surface area contributed by atoms with Gasteiger partial charge in [0.05, 0.1) is 17.9 Å². The van der Waals surface area contributed by atoms with Crippen LogP contribution in [0.15, 0.2) is 24.3 Å². The van der Waals surface area contributed by atoms with Gasteiger partial charge < -0.3 is 24.6 Å². The predicted octanol–water partition coefficient (Wildman–Crippen LogP) is 2.16. The lowest BCUT2D eigenvalue weighted by Gasteiger charge is -2.36. The summed E-state index contributed by atoms with van der Waals surface area (Å²) in [6.45, 7) is 7.95. The smallest absolute Gasteiger partial charge is 0.338 e. The number of carbonyl (C=O) groups excluding carboxylic acids is 3. The number of fused-ring (bicyclic) bond motifs is 1. The van der Waals surface area contributed by atoms with Crippen LogP contribution in [0.2, 0.25) is 0 Å². The second-order valence-electron chi connectivity index (χ2n) is 11.0. The summed E-state index contributed by atoms with van der Waals surface area (Å²) in [5, 5.41) is 7.91. The Morgan fingerprint density at radius 3 is 2.62 bits per heavy atom. The number of carbonyl (C=O) groups is 3. The molecule has 0 radical (unpaired) electrons. The zero-order valence-corrected chi connectivity index (χ0v) is 23.0. The van der Waals surface area contributed by atoms with E-state index in [1.807, 2.05) is 18.9 Å². The molecule has 39 heavy (non-hydrogen) atoms. The summed E-state index contributed by atoms with van der Waals surface area (Å²) >= 11 is 0. The summed E-state index contributed by atoms with van der Waals surface area (Å²) in [5.41, 5.74) is 3.46. The van der Waals surface area contributed by atoms with Crippen LogP contribution in [-0.4, -0.2) is 97.0 Å². The van der Waals surface area contributed by atoms with Crippen LogP contribution in [0.25, 0.3) is 0 Å². The van der Waals surface area contributed by atoms with Crippen LogP contribution in [0.4, 0.5) is 0 Å². The monoisotopic (exact) mass is 537 g/mol. The van der Waals surface area contributed by atoms with E-state index in [1.165, 1.54) is 0 Å². The Labute approximate surface area is 229 Å². The molecule has 0 bridgehead atoms. The maximum atomic E-state index is 13.0. The van der Waals surface area contributed by atoms with Gasteiger partial charge in [0.15, 0.2) is 0 Å². The van der Waals surface area contributed by atoms with Gasteiger partial charge in [-0.25, -0.2) is 4.79 Å². The quantitative estimate of drug-likeness (QED) is 0.426. The molecule has 0 saturated carbocycles. The number of hydrogen-bond donors (Lipinski definition) is 1. The molecule has 10 nitrogen and oxygen atoms in total. The second kappa shape index (κ2) is 11.9. The lowest BCUT2D eigenvalue weighted by Crippen LogP contribution is -2.47. The van der Waals surface area contributed by atoms with E-state index in [0.29, 0.717) is 69.1 Å². The summed E-state index contributed by atoms with van der Waals surface area (Å²) in [5.74, 6) is -0.566. The number of piperazine rings is 1. The van der Waals surface area contributed by atoms with Gasteiger partial charge in [-0.15, -0.1) is 0 Å². The number of esters is 1. The van der Waals surface area contributed by atoms with E-state index >= 15 is 0 Å². The number of benzene rings is 1. The highest BCUT2D eigenvalue weighted by atomic mass is 16.5. The molecule has 4 heterocycles. The third-order valence-corrected chi connectivity index (χ3v) is 8.30. The van der Waals surface area contributed by atoms with E-state index < -0.39 is 5.97 Å². The van der Waals surface area contributed by atoms with Crippen molar-refractivity contribution in [3.63, 3.8) is 0 Å². The standard InChI is InChI=1S/C29H39N5O5/c1-3-34-25-23(19-29(20-30-26(25)35)9-16-38-17-10-29)24(31-34)8-5-15-39-28(37)22-7-4-6-21(18-22)27(36)33-13-11-32(2)12-14-33/h4,6-7,18H,3,5,8-17,19-20H2,1-2H3,(H,30,35). The average molecular weight is 538 g/mol. The Balaban J connectivity index is 1.20. The molecular formula is C29H39N5O5. The minimum atomic E-state index is -0.443. The van der Waals surface area contributed by atoms with E-state index in [9.17, 15) is 14.4 Å². The fraction of sp³-hybridized carbons (Fsp3) is 0.586. The average Bonchev–Trinajstić information content (AvgIpc) is 3.24. The molecule has 3 aliphatic heterocycles. The minimum absolute atomic E-state index is 0.00541. The van der Waals surface area contributed by atoms with Gasteiger partial charge in [0, 0.05) is 63.6 Å². The summed E-state index contributed by atoms with van der Waals surface area (Å²) in [4.78, 5) is 42.7. The molecule has 2 aromatic rings. The van der Waals surface area contributed by atoms with Crippen LogP contribution < -0.4 is 5.32 Å². The molecule has 3 aliphatic rings. The van der Waals surface area contributed by atoms with Crippen LogP contribution in [0.3, 0.4) is 0 Å². The molecule has 10 heteroatoms. The van der Waals surface area contributed by atoms with Gasteiger partial charge >= 0.3 is 5.97 Å². The first kappa shape index (κ1) is 27.3. The van der Waals surface area contributed by atoms with E-state index in [0.717, 1.165) is 43.6 Å². The number of nitrogens with one attached hydrogen (secondary N) is 1. The van der Waals surface area contributed by atoms with Gasteiger partial charge in [0.2, 0.25) is 0 Å². The third-order valence-electron chi connectivity index (χ3n) is 8.30. The summed E-state index contributed by atoms with van der Waals surface area (Å²) in [6.07, 6.45) is 3.84. The zero-order chi connectivity index (χ0) is 27.4. The van der Waals surface area contributed by atoms with Gasteiger partial charge in [-0.1, -0.05) is 6.07 Å². The van der Waals surface area contributed by atoms with Crippen molar-refractivity contribution in [3.05, 3.63) is 52.3 Å². The Kier molecular flexibility index (Phi) is 8.32. The highest BCUT2D eigenvalue weighted by Gasteiger charge is 2.39. The fourth-order valence-corrected chi connectivity index (χ4v) is 5.82. The van der Waals surface area contributed by atoms with Gasteiger partial charge in [-0.3, -0.25) is 14.3 Å². The number of likely N-dealkylation sites (N-methyl/N-ethyl adjacent to an activating group) is 1. The number of amides is 2. The number of nitrogens with zero attached hydrogens (tertiary/aromatic N) is 4. The van der Waals surface area contributed by atoms with Crippen molar-refractivity contribution >= 4 is 17.8 Å². The number of rotatable bonds is 7. The van der Waals surface area contributed by atoms with Crippen molar-refractivity contribution in [2.75, 3.05) is 59.6 Å². The summed E-state index contributed by atoms with van der Waals surface area (Å²) in [7, 11) is 2.05. The Morgan fingerprint density at radius 1 is 1.13 bits per heavy atom. The van der Waals surface area contributed by atoms with Crippen molar-refractivity contribution in [1.82, 2.24) is 24.9 Å². The lowest BCUT2D eigenvalue weighted by molar-refractivity contribution is 0.0160. The van der Waals surface area contributed by atoms with Crippen molar-refractivity contribution in [1.29, 1.82) is 0 Å². The molecule has 1 aromatic heterocycles. The second-order valence-corrected chi connectivity index (χ2v) is 11.0. The third kappa shape index (κ3) is 6.01. The number of aryl methyl sites for hydroxylation is 2. The molecule has 1 spiro atoms. The fourth-order valence-electron chi connectivity index (χ4n) is 5.82. The molecule has 2 amide bonds. The van der Waals surface area contributed by atoms with Crippen LogP contribution >= 0.6 is 0 Å². The van der Waals surface area contributed by atoms with Crippen LogP contribution in [0, 0.1) is 5.41 Å². The van der Waals surface area contributed by atoms with Crippen molar-refractivity contribution in [2.45, 2.75) is 45.6 Å². The highest BCUT2D eigenvalue weighted by Crippen LogP contribution is 2.37. The summed E-state index contributed by atoms with van der Waals surface area (Å²) in [6, 6.07) is 6.77. The van der Waals surface area contributed by atoms with Gasteiger partial charge in [-0.2, -0.15) is 5.10 Å². The first-order chi connectivity index (χ1) is 18.9. The molecule has 0 unspecified atom stereocenters. The van der Waals surface area contributed by atoms with E-state index in [1.54, 1.807) is 28.9 Å². The molecule has 1 aromatic carbocycles. The molecule has 2 fully saturated rings. The van der Waals surface area contributed by atoms with E-state index in [-0.39, 0.29) is 23.8 Å². The maximum absolute atomic E-state index is 13.0. The maximum Gasteiger partial charge on any atom is 0.338 e. The molecule has 0 aliphatic carbocycles. The van der Waals surface area contributed by atoms with Crippen molar-refractivity contribution in [2.24, 2.45) is 5.41 Å². The first-order valence-electron chi connectivity index (χ1n) is 14.1. The van der Waals surface area contributed by atoms with Crippen LogP contribution in [0.5, 0.6) is 0 Å². The normalized spacial score (nSPS) is 19.3. The van der Waals surface area contributed by atoms with Crippen LogP contribution in [-0.2, 0) is 28.9 Å². The molecule has 5 rings (SSSR count). The van der Waals surface area contributed by atoms with Crippen LogP contribution in [0.1, 0.15) is 68.6 Å². The Hall–Kier alpha value is -3.24. The van der Waals surface area contributed by atoms with Gasteiger partial charge in [-0.05, 0) is 69.7 Å². The molecule has 0 atom stereocenters. The SMILES string of the molecule is CCn1nc(CCCOC(=O)c2cccc(C(=O)N3CCN(C)CC3)c2)c2c1C(=O)NCC1(CCOCC1)C2. The van der Waals surface area contributed by atoms with E-state index in [4.69, 9.17) is 14.6 Å². The topological polar surface area (TPSA) is 106 Å². The van der Waals surface area contributed by atoms with Gasteiger partial charge in [0.25, 0.3) is 11.8 Å². The Bertz CT molecular complexity index is 1210. The zero-order valence-electron chi connectivity index (χ0n) is 23.0. The Morgan fingerprint density at radius 2 is 1.87 bits per heavy atom. The number of aromatic nitrogens is 2. The lowest BCUT2D eigenvalue weighted by atomic mass is 9.75. The molecule has 210 valence electrons. The van der Waals surface area contributed by atoms with Crippen molar-refractivity contribution < 1.29 is 23.9 Å². The largest absolute Gasteiger partial charge is 0.462 e. The number of hydrogen-bond acceptors (Lipinski definition) is 7. The first-order valence-corrected chi connectivity index (χ1v) is 14.1. The molecule has 2 saturated heterocycles. The van der Waals surface area contributed by atoms with E-state index in [2.05, 4.69) is 10.2 Å².